The lowest BCUT2D eigenvalue weighted by Gasteiger charge is -2.28. The molecule has 0 fully saturated rings. The molecule has 9 heteroatoms. The zero-order valence-corrected chi connectivity index (χ0v) is 24.0. The van der Waals surface area contributed by atoms with Gasteiger partial charge in [0.1, 0.15) is 17.3 Å². The van der Waals surface area contributed by atoms with Gasteiger partial charge in [-0.3, -0.25) is 4.79 Å². The summed E-state index contributed by atoms with van der Waals surface area (Å²) in [5.41, 5.74) is 9.22. The molecule has 216 valence electrons. The second-order valence-electron chi connectivity index (χ2n) is 10.4. The summed E-state index contributed by atoms with van der Waals surface area (Å²) >= 11 is 0. The molecule has 4 aromatic carbocycles. The second-order valence-corrected chi connectivity index (χ2v) is 11.9. The average Bonchev–Trinajstić information content (AvgIpc) is 3.29. The fourth-order valence-electron chi connectivity index (χ4n) is 5.12. The Morgan fingerprint density at radius 1 is 0.810 bits per heavy atom. The van der Waals surface area contributed by atoms with Crippen molar-refractivity contribution in [2.24, 2.45) is 5.73 Å². The van der Waals surface area contributed by atoms with Gasteiger partial charge in [0, 0.05) is 5.92 Å². The summed E-state index contributed by atoms with van der Waals surface area (Å²) in [5.74, 6) is -1.67. The zero-order chi connectivity index (χ0) is 29.9. The van der Waals surface area contributed by atoms with E-state index in [0.717, 1.165) is 22.3 Å². The average molecular weight is 586 g/mol. The number of nitrogens with two attached hydrogens (primary N) is 1. The zero-order valence-electron chi connectivity index (χ0n) is 23.2. The summed E-state index contributed by atoms with van der Waals surface area (Å²) in [6.45, 7) is 3.41. The van der Waals surface area contributed by atoms with E-state index in [1.54, 1.807) is 32.0 Å². The fraction of sp³-hybridized carbons (Fsp3) is 0.212. The summed E-state index contributed by atoms with van der Waals surface area (Å²) < 4.78 is 41.7. The van der Waals surface area contributed by atoms with Crippen molar-refractivity contribution in [2.75, 3.05) is 6.61 Å². The van der Waals surface area contributed by atoms with E-state index in [1.165, 1.54) is 36.4 Å². The number of benzene rings is 4. The number of rotatable bonds is 10. The molecule has 0 bridgehead atoms. The van der Waals surface area contributed by atoms with Crippen LogP contribution in [0.4, 0.5) is 0 Å². The van der Waals surface area contributed by atoms with Crippen molar-refractivity contribution in [3.05, 3.63) is 120 Å². The minimum absolute atomic E-state index is 0.00248. The number of hydrogen-bond acceptors (Lipinski definition) is 8. The van der Waals surface area contributed by atoms with Gasteiger partial charge in [-0.25, -0.2) is 4.79 Å². The van der Waals surface area contributed by atoms with Crippen LogP contribution in [0.3, 0.4) is 0 Å². The number of fused-ring (bicyclic) bond motifs is 3. The molecule has 0 spiro atoms. The molecule has 0 amide bonds. The molecule has 0 radical (unpaired) electrons. The van der Waals surface area contributed by atoms with Gasteiger partial charge in [0.15, 0.2) is 5.54 Å². The fourth-order valence-corrected chi connectivity index (χ4v) is 6.07. The molecule has 1 aliphatic rings. The molecular formula is C33H31NO7S. The Kier molecular flexibility index (Phi) is 8.15. The third-order valence-electron chi connectivity index (χ3n) is 7.11. The highest BCUT2D eigenvalue weighted by Gasteiger charge is 2.42. The number of hydrogen-bond donors (Lipinski definition) is 1. The van der Waals surface area contributed by atoms with Crippen LogP contribution in [0.1, 0.15) is 42.9 Å². The second kappa shape index (κ2) is 11.8. The number of ether oxygens (including phenoxy) is 2. The highest BCUT2D eigenvalue weighted by molar-refractivity contribution is 7.87. The van der Waals surface area contributed by atoms with Crippen LogP contribution in [0.2, 0.25) is 0 Å². The molecule has 8 nitrogen and oxygen atoms in total. The van der Waals surface area contributed by atoms with E-state index in [2.05, 4.69) is 0 Å². The van der Waals surface area contributed by atoms with Gasteiger partial charge in [-0.05, 0) is 65.9 Å². The van der Waals surface area contributed by atoms with E-state index in [-0.39, 0.29) is 28.7 Å². The Morgan fingerprint density at radius 3 is 1.93 bits per heavy atom. The van der Waals surface area contributed by atoms with Crippen LogP contribution in [0.25, 0.3) is 11.1 Å². The Labute approximate surface area is 245 Å². The topological polar surface area (TPSA) is 122 Å². The van der Waals surface area contributed by atoms with Crippen LogP contribution < -0.4 is 9.92 Å². The molecule has 5 rings (SSSR count). The number of carbonyl (C=O) groups excluding carboxylic acids is 2. The lowest BCUT2D eigenvalue weighted by Crippen LogP contribution is -2.48. The predicted octanol–water partition coefficient (Wildman–Crippen LogP) is 5.31. The van der Waals surface area contributed by atoms with Crippen LogP contribution >= 0.6 is 0 Å². The van der Waals surface area contributed by atoms with Crippen LogP contribution in [0, 0.1) is 0 Å². The maximum atomic E-state index is 13.7. The summed E-state index contributed by atoms with van der Waals surface area (Å²) in [7, 11) is -4.07. The normalized spacial score (nSPS) is 14.0. The van der Waals surface area contributed by atoms with Crippen LogP contribution in [0.5, 0.6) is 5.75 Å². The number of esters is 2. The first kappa shape index (κ1) is 29.0. The Hall–Kier alpha value is -4.47. The molecule has 0 aliphatic heterocycles. The van der Waals surface area contributed by atoms with Gasteiger partial charge < -0.3 is 19.4 Å². The molecule has 1 aliphatic carbocycles. The summed E-state index contributed by atoms with van der Waals surface area (Å²) in [6.07, 6.45) is -0.895. The van der Waals surface area contributed by atoms with E-state index < -0.39 is 40.1 Å². The number of carbonyl (C=O) groups is 2. The van der Waals surface area contributed by atoms with E-state index in [1.807, 2.05) is 48.5 Å². The molecule has 0 aromatic heterocycles. The van der Waals surface area contributed by atoms with Crippen molar-refractivity contribution in [1.29, 1.82) is 0 Å². The van der Waals surface area contributed by atoms with E-state index >= 15 is 0 Å². The van der Waals surface area contributed by atoms with Crippen LogP contribution in [-0.4, -0.2) is 33.1 Å². The summed E-state index contributed by atoms with van der Waals surface area (Å²) in [6, 6.07) is 29.3. The van der Waals surface area contributed by atoms with Crippen molar-refractivity contribution in [2.45, 2.75) is 42.7 Å². The van der Waals surface area contributed by atoms with Gasteiger partial charge in [0.25, 0.3) is 0 Å². The molecule has 0 saturated heterocycles. The van der Waals surface area contributed by atoms with Gasteiger partial charge in [-0.2, -0.15) is 8.42 Å². The standard InChI is InChI=1S/C33H31NO7S/c1-22(2)40-31(35)20-33(34,23-16-18-24(19-17-23)41-42(37,38)25-10-4-3-5-11-25)32(36)39-21-30-28-14-8-6-12-26(28)27-13-7-9-15-29(27)30/h3-19,22,30H,20-21,34H2,1-2H3. The molecule has 1 unspecified atom stereocenters. The molecule has 1 atom stereocenters. The molecule has 0 saturated carbocycles. The maximum Gasteiger partial charge on any atom is 0.339 e. The third kappa shape index (κ3) is 5.93. The summed E-state index contributed by atoms with van der Waals surface area (Å²) in [5, 5.41) is 0. The van der Waals surface area contributed by atoms with Crippen LogP contribution in [0.15, 0.2) is 108 Å². The minimum atomic E-state index is -4.07. The van der Waals surface area contributed by atoms with Gasteiger partial charge in [0.2, 0.25) is 0 Å². The van der Waals surface area contributed by atoms with Gasteiger partial charge in [-0.15, -0.1) is 0 Å². The molecule has 42 heavy (non-hydrogen) atoms. The van der Waals surface area contributed by atoms with Gasteiger partial charge in [0.05, 0.1) is 12.5 Å². The minimum Gasteiger partial charge on any atom is -0.463 e. The Morgan fingerprint density at radius 2 is 1.36 bits per heavy atom. The van der Waals surface area contributed by atoms with Crippen molar-refractivity contribution in [1.82, 2.24) is 0 Å². The van der Waals surface area contributed by atoms with Crippen molar-refractivity contribution < 1.29 is 31.7 Å². The quantitative estimate of drug-likeness (QED) is 0.196. The molecular weight excluding hydrogens is 554 g/mol. The maximum absolute atomic E-state index is 13.7. The van der Waals surface area contributed by atoms with Crippen molar-refractivity contribution in [3.63, 3.8) is 0 Å². The first-order valence-electron chi connectivity index (χ1n) is 13.5. The van der Waals surface area contributed by atoms with Crippen LogP contribution in [-0.2, 0) is 34.7 Å². The molecule has 0 heterocycles. The lowest BCUT2D eigenvalue weighted by molar-refractivity contribution is -0.159. The third-order valence-corrected chi connectivity index (χ3v) is 8.37. The molecule has 2 N–H and O–H groups in total. The largest absolute Gasteiger partial charge is 0.463 e. The highest BCUT2D eigenvalue weighted by Crippen LogP contribution is 2.44. The molecule has 4 aromatic rings. The lowest BCUT2D eigenvalue weighted by atomic mass is 9.87. The Bertz CT molecular complexity index is 1660. The Balaban J connectivity index is 1.39. The monoisotopic (exact) mass is 585 g/mol. The van der Waals surface area contributed by atoms with Crippen molar-refractivity contribution in [3.8, 4) is 16.9 Å². The first-order chi connectivity index (χ1) is 20.1. The summed E-state index contributed by atoms with van der Waals surface area (Å²) in [4.78, 5) is 26.4. The predicted molar refractivity (Wildman–Crippen MR) is 157 cm³/mol. The highest BCUT2D eigenvalue weighted by atomic mass is 32.2. The van der Waals surface area contributed by atoms with E-state index in [4.69, 9.17) is 19.4 Å². The SMILES string of the molecule is CC(C)OC(=O)CC(N)(C(=O)OCC1c2ccccc2-c2ccccc21)c1ccc(OS(=O)(=O)c2ccccc2)cc1. The van der Waals surface area contributed by atoms with Gasteiger partial charge >= 0.3 is 22.1 Å². The van der Waals surface area contributed by atoms with Crippen molar-refractivity contribution >= 4 is 22.1 Å². The smallest absolute Gasteiger partial charge is 0.339 e. The van der Waals surface area contributed by atoms with E-state index in [0.29, 0.717) is 0 Å². The first-order valence-corrected chi connectivity index (χ1v) is 14.9. The van der Waals surface area contributed by atoms with E-state index in [9.17, 15) is 18.0 Å². The van der Waals surface area contributed by atoms with Gasteiger partial charge in [-0.1, -0.05) is 78.9 Å².